The fraction of sp³-hybridized carbons (Fsp3) is 0.818. The highest BCUT2D eigenvalue weighted by Gasteiger charge is 2.49. The largest absolute Gasteiger partial charge is 0.377 e. The maximum absolute atomic E-state index is 12.1. The standard InChI is InChI=1S/C11H17N3O2/c1-2-13-3-5-14(6-4-13)10(15)11(7-12)8-16-9-11/h2-6,8-9H2,1H3. The number of ether oxygens (including phenoxy) is 1. The van der Waals surface area contributed by atoms with Gasteiger partial charge in [-0.05, 0) is 6.54 Å². The lowest BCUT2D eigenvalue weighted by Crippen LogP contribution is -2.58. The first-order valence-electron chi connectivity index (χ1n) is 5.72. The molecule has 0 spiro atoms. The van der Waals surface area contributed by atoms with E-state index in [-0.39, 0.29) is 19.1 Å². The first-order valence-corrected chi connectivity index (χ1v) is 5.72. The molecule has 0 aliphatic carbocycles. The van der Waals surface area contributed by atoms with E-state index in [0.717, 1.165) is 32.7 Å². The van der Waals surface area contributed by atoms with Gasteiger partial charge in [0.1, 0.15) is 0 Å². The molecule has 0 aromatic rings. The van der Waals surface area contributed by atoms with Crippen molar-refractivity contribution in [2.45, 2.75) is 6.92 Å². The number of nitrogens with zero attached hydrogens (tertiary/aromatic N) is 3. The van der Waals surface area contributed by atoms with Crippen molar-refractivity contribution in [3.05, 3.63) is 0 Å². The molecule has 0 atom stereocenters. The van der Waals surface area contributed by atoms with Crippen molar-refractivity contribution >= 4 is 5.91 Å². The minimum Gasteiger partial charge on any atom is -0.377 e. The van der Waals surface area contributed by atoms with E-state index in [4.69, 9.17) is 10.00 Å². The van der Waals surface area contributed by atoms with Crippen molar-refractivity contribution in [1.29, 1.82) is 5.26 Å². The second-order valence-corrected chi connectivity index (χ2v) is 4.41. The average molecular weight is 223 g/mol. The fourth-order valence-corrected chi connectivity index (χ4v) is 2.11. The summed E-state index contributed by atoms with van der Waals surface area (Å²) in [6, 6.07) is 2.11. The Morgan fingerprint density at radius 2 is 2.00 bits per heavy atom. The number of likely N-dealkylation sites (N-methyl/N-ethyl adjacent to an activating group) is 1. The minimum absolute atomic E-state index is 0.0444. The second-order valence-electron chi connectivity index (χ2n) is 4.41. The summed E-state index contributed by atoms with van der Waals surface area (Å²) in [6.45, 7) is 6.94. The maximum atomic E-state index is 12.1. The third kappa shape index (κ3) is 1.79. The van der Waals surface area contributed by atoms with Crippen LogP contribution < -0.4 is 0 Å². The van der Waals surface area contributed by atoms with Gasteiger partial charge in [0.2, 0.25) is 5.91 Å². The summed E-state index contributed by atoms with van der Waals surface area (Å²) in [7, 11) is 0. The molecule has 0 N–H and O–H groups in total. The highest BCUT2D eigenvalue weighted by atomic mass is 16.5. The molecule has 2 fully saturated rings. The molecule has 16 heavy (non-hydrogen) atoms. The number of hydrogen-bond donors (Lipinski definition) is 0. The van der Waals surface area contributed by atoms with Crippen molar-refractivity contribution in [1.82, 2.24) is 9.80 Å². The van der Waals surface area contributed by atoms with E-state index in [9.17, 15) is 4.79 Å². The Balaban J connectivity index is 1.94. The predicted octanol–water partition coefficient (Wildman–Crippen LogP) is -0.309. The number of carbonyl (C=O) groups excluding carboxylic acids is 1. The number of piperazine rings is 1. The van der Waals surface area contributed by atoms with Crippen molar-refractivity contribution in [3.63, 3.8) is 0 Å². The predicted molar refractivity (Wildman–Crippen MR) is 57.6 cm³/mol. The third-order valence-electron chi connectivity index (χ3n) is 3.43. The zero-order valence-corrected chi connectivity index (χ0v) is 9.61. The molecule has 88 valence electrons. The van der Waals surface area contributed by atoms with Crippen molar-refractivity contribution < 1.29 is 9.53 Å². The molecular formula is C11H17N3O2. The van der Waals surface area contributed by atoms with E-state index < -0.39 is 5.41 Å². The molecule has 0 bridgehead atoms. The zero-order chi connectivity index (χ0) is 11.6. The summed E-state index contributed by atoms with van der Waals surface area (Å²) in [5.41, 5.74) is -0.881. The lowest BCUT2D eigenvalue weighted by molar-refractivity contribution is -0.162. The lowest BCUT2D eigenvalue weighted by Gasteiger charge is -2.41. The van der Waals surface area contributed by atoms with E-state index in [0.29, 0.717) is 0 Å². The summed E-state index contributed by atoms with van der Waals surface area (Å²) in [5.74, 6) is -0.0444. The van der Waals surface area contributed by atoms with E-state index >= 15 is 0 Å². The van der Waals surface area contributed by atoms with Crippen LogP contribution in [0.25, 0.3) is 0 Å². The number of rotatable bonds is 2. The number of amides is 1. The third-order valence-corrected chi connectivity index (χ3v) is 3.43. The molecule has 1 amide bonds. The normalized spacial score (nSPS) is 24.6. The zero-order valence-electron chi connectivity index (χ0n) is 9.61. The molecule has 0 aromatic heterocycles. The Hall–Kier alpha value is -1.12. The van der Waals surface area contributed by atoms with Gasteiger partial charge in [-0.2, -0.15) is 5.26 Å². The van der Waals surface area contributed by atoms with Gasteiger partial charge in [-0.25, -0.2) is 0 Å². The van der Waals surface area contributed by atoms with Crippen LogP contribution in [0.2, 0.25) is 0 Å². The van der Waals surface area contributed by atoms with Gasteiger partial charge in [-0.15, -0.1) is 0 Å². The Bertz CT molecular complexity index is 312. The fourth-order valence-electron chi connectivity index (χ4n) is 2.11. The van der Waals surface area contributed by atoms with Gasteiger partial charge in [-0.1, -0.05) is 6.92 Å². The Morgan fingerprint density at radius 1 is 1.38 bits per heavy atom. The summed E-state index contributed by atoms with van der Waals surface area (Å²) in [4.78, 5) is 16.2. The van der Waals surface area contributed by atoms with E-state index in [1.54, 1.807) is 4.90 Å². The van der Waals surface area contributed by atoms with Gasteiger partial charge in [0.25, 0.3) is 0 Å². The lowest BCUT2D eigenvalue weighted by atomic mass is 9.86. The van der Waals surface area contributed by atoms with Crippen molar-refractivity contribution in [3.8, 4) is 6.07 Å². The van der Waals surface area contributed by atoms with Crippen molar-refractivity contribution in [2.24, 2.45) is 5.41 Å². The SMILES string of the molecule is CCN1CCN(C(=O)C2(C#N)COC2)CC1. The van der Waals surface area contributed by atoms with E-state index in [1.165, 1.54) is 0 Å². The number of carbonyl (C=O) groups is 1. The first kappa shape index (κ1) is 11.4. The van der Waals surface area contributed by atoms with Crippen LogP contribution in [0.1, 0.15) is 6.92 Å². The van der Waals surface area contributed by atoms with Crippen LogP contribution in [-0.2, 0) is 9.53 Å². The molecule has 0 radical (unpaired) electrons. The maximum Gasteiger partial charge on any atom is 0.247 e. The topological polar surface area (TPSA) is 56.6 Å². The van der Waals surface area contributed by atoms with Crippen LogP contribution in [0.5, 0.6) is 0 Å². The molecule has 0 unspecified atom stereocenters. The van der Waals surface area contributed by atoms with Gasteiger partial charge in [-0.3, -0.25) is 4.79 Å². The number of hydrogen-bond acceptors (Lipinski definition) is 4. The van der Waals surface area contributed by atoms with E-state index in [2.05, 4.69) is 17.9 Å². The van der Waals surface area contributed by atoms with Gasteiger partial charge in [0, 0.05) is 26.2 Å². The molecule has 2 heterocycles. The Labute approximate surface area is 95.6 Å². The van der Waals surface area contributed by atoms with E-state index in [1.807, 2.05) is 0 Å². The first-order chi connectivity index (χ1) is 7.72. The van der Waals surface area contributed by atoms with Gasteiger partial charge in [0.05, 0.1) is 19.3 Å². The molecular weight excluding hydrogens is 206 g/mol. The summed E-state index contributed by atoms with van der Waals surface area (Å²) in [5, 5.41) is 9.05. The summed E-state index contributed by atoms with van der Waals surface area (Å²) >= 11 is 0. The van der Waals surface area contributed by atoms with Crippen LogP contribution in [0.3, 0.4) is 0 Å². The quantitative estimate of drug-likeness (QED) is 0.644. The van der Waals surface area contributed by atoms with Crippen LogP contribution in [0.15, 0.2) is 0 Å². The molecule has 2 rings (SSSR count). The van der Waals surface area contributed by atoms with Gasteiger partial charge < -0.3 is 14.5 Å². The van der Waals surface area contributed by atoms with Crippen molar-refractivity contribution in [2.75, 3.05) is 45.9 Å². The van der Waals surface area contributed by atoms with Crippen LogP contribution in [0.4, 0.5) is 0 Å². The Kier molecular flexibility index (Phi) is 3.13. The van der Waals surface area contributed by atoms with Crippen LogP contribution in [0, 0.1) is 16.7 Å². The van der Waals surface area contributed by atoms with Gasteiger partial charge in [0.15, 0.2) is 5.41 Å². The molecule has 2 saturated heterocycles. The molecule has 2 aliphatic rings. The summed E-state index contributed by atoms with van der Waals surface area (Å²) in [6.07, 6.45) is 0. The average Bonchev–Trinajstić information content (AvgIpc) is 2.28. The van der Waals surface area contributed by atoms with Crippen LogP contribution in [-0.4, -0.2) is 61.6 Å². The second kappa shape index (κ2) is 4.40. The monoisotopic (exact) mass is 223 g/mol. The van der Waals surface area contributed by atoms with Crippen LogP contribution >= 0.6 is 0 Å². The smallest absolute Gasteiger partial charge is 0.247 e. The number of nitriles is 1. The Morgan fingerprint density at radius 3 is 2.38 bits per heavy atom. The minimum atomic E-state index is -0.881. The molecule has 0 aromatic carbocycles. The van der Waals surface area contributed by atoms with Gasteiger partial charge >= 0.3 is 0 Å². The molecule has 2 aliphatic heterocycles. The summed E-state index contributed by atoms with van der Waals surface area (Å²) < 4.78 is 5.00. The molecule has 0 saturated carbocycles. The highest BCUT2D eigenvalue weighted by molar-refractivity contribution is 5.86. The highest BCUT2D eigenvalue weighted by Crippen LogP contribution is 2.29. The molecule has 5 heteroatoms. The molecule has 5 nitrogen and oxygen atoms in total.